The number of rotatable bonds is 5. The highest BCUT2D eigenvalue weighted by atomic mass is 16.2. The monoisotopic (exact) mass is 301 g/mol. The van der Waals surface area contributed by atoms with Crippen LogP contribution < -0.4 is 5.73 Å². The van der Waals surface area contributed by atoms with Crippen LogP contribution in [-0.2, 0) is 0 Å². The molecule has 2 rings (SSSR count). The molecule has 2 N–H and O–H groups in total. The average molecular weight is 301 g/mol. The Morgan fingerprint density at radius 3 is 2.68 bits per heavy atom. The molecular formula is C16H23N5O. The third kappa shape index (κ3) is 3.51. The van der Waals surface area contributed by atoms with E-state index in [4.69, 9.17) is 5.73 Å². The fourth-order valence-corrected chi connectivity index (χ4v) is 2.38. The lowest BCUT2D eigenvalue weighted by molar-refractivity contribution is 0.0740. The minimum absolute atomic E-state index is 0.00485. The van der Waals surface area contributed by atoms with Gasteiger partial charge >= 0.3 is 0 Å². The summed E-state index contributed by atoms with van der Waals surface area (Å²) >= 11 is 0. The Balaban J connectivity index is 2.19. The number of benzene rings is 1. The van der Waals surface area contributed by atoms with Crippen LogP contribution in [0.3, 0.4) is 0 Å². The normalized spacial score (nSPS) is 11.5. The first-order chi connectivity index (χ1) is 10.3. The second kappa shape index (κ2) is 6.27. The van der Waals surface area contributed by atoms with Gasteiger partial charge in [0.05, 0.1) is 5.69 Å². The Labute approximate surface area is 130 Å². The molecule has 6 heteroatoms. The van der Waals surface area contributed by atoms with Gasteiger partial charge in [-0.15, -0.1) is 0 Å². The van der Waals surface area contributed by atoms with Gasteiger partial charge in [-0.05, 0) is 42.6 Å². The number of amides is 1. The van der Waals surface area contributed by atoms with Crippen molar-refractivity contribution in [2.75, 3.05) is 20.1 Å². The maximum Gasteiger partial charge on any atom is 0.253 e. The first kappa shape index (κ1) is 16.2. The Bertz CT molecular complexity index is 649. The van der Waals surface area contributed by atoms with Crippen molar-refractivity contribution in [1.82, 2.24) is 19.7 Å². The quantitative estimate of drug-likeness (QED) is 0.910. The van der Waals surface area contributed by atoms with Gasteiger partial charge in [0.1, 0.15) is 12.7 Å². The largest absolute Gasteiger partial charge is 0.341 e. The number of hydrogen-bond donors (Lipinski definition) is 1. The van der Waals surface area contributed by atoms with E-state index in [2.05, 4.69) is 23.9 Å². The maximum absolute atomic E-state index is 12.5. The molecular weight excluding hydrogens is 278 g/mol. The molecule has 0 unspecified atom stereocenters. The molecule has 2 aromatic rings. The lowest BCUT2D eigenvalue weighted by atomic mass is 9.93. The zero-order valence-corrected chi connectivity index (χ0v) is 13.6. The van der Waals surface area contributed by atoms with Crippen molar-refractivity contribution >= 4 is 5.91 Å². The van der Waals surface area contributed by atoms with Crippen LogP contribution in [0.2, 0.25) is 0 Å². The van der Waals surface area contributed by atoms with E-state index in [1.54, 1.807) is 23.0 Å². The number of aromatic nitrogens is 3. The Hall–Kier alpha value is -2.21. The fraction of sp³-hybridized carbons (Fsp3) is 0.438. The van der Waals surface area contributed by atoms with Gasteiger partial charge in [-0.1, -0.05) is 13.8 Å². The number of carbonyl (C=O) groups is 1. The summed E-state index contributed by atoms with van der Waals surface area (Å²) in [6, 6.07) is 5.59. The van der Waals surface area contributed by atoms with E-state index < -0.39 is 0 Å². The first-order valence-corrected chi connectivity index (χ1v) is 7.25. The Morgan fingerprint density at radius 1 is 1.41 bits per heavy atom. The molecule has 0 saturated heterocycles. The van der Waals surface area contributed by atoms with Gasteiger partial charge in [0.2, 0.25) is 0 Å². The zero-order valence-electron chi connectivity index (χ0n) is 13.6. The SMILES string of the molecule is Cc1cc(C(=O)N(C)CC(C)(C)CN)ccc1-n1cncn1. The highest BCUT2D eigenvalue weighted by Gasteiger charge is 2.22. The summed E-state index contributed by atoms with van der Waals surface area (Å²) < 4.78 is 1.69. The number of nitrogens with zero attached hydrogens (tertiary/aromatic N) is 4. The van der Waals surface area contributed by atoms with Crippen LogP contribution in [0.5, 0.6) is 0 Å². The van der Waals surface area contributed by atoms with Gasteiger partial charge in [-0.3, -0.25) is 4.79 Å². The molecule has 6 nitrogen and oxygen atoms in total. The topological polar surface area (TPSA) is 77.0 Å². The second-order valence-corrected chi connectivity index (χ2v) is 6.37. The molecule has 1 aromatic heterocycles. The number of aryl methyl sites for hydroxylation is 1. The molecule has 0 aliphatic carbocycles. The molecule has 1 heterocycles. The van der Waals surface area contributed by atoms with E-state index in [9.17, 15) is 4.79 Å². The fourth-order valence-electron chi connectivity index (χ4n) is 2.38. The summed E-state index contributed by atoms with van der Waals surface area (Å²) in [7, 11) is 1.81. The molecule has 0 aliphatic rings. The van der Waals surface area contributed by atoms with Crippen LogP contribution in [0.15, 0.2) is 30.9 Å². The summed E-state index contributed by atoms with van der Waals surface area (Å²) in [5.74, 6) is -0.00485. The second-order valence-electron chi connectivity index (χ2n) is 6.37. The first-order valence-electron chi connectivity index (χ1n) is 7.25. The van der Waals surface area contributed by atoms with Crippen LogP contribution in [0.25, 0.3) is 5.69 Å². The predicted molar refractivity (Wildman–Crippen MR) is 85.9 cm³/mol. The molecule has 0 atom stereocenters. The Kier molecular flexibility index (Phi) is 4.61. The molecule has 1 amide bonds. The van der Waals surface area contributed by atoms with E-state index in [1.807, 2.05) is 25.1 Å². The van der Waals surface area contributed by atoms with Gasteiger partial charge in [0.15, 0.2) is 0 Å². The molecule has 22 heavy (non-hydrogen) atoms. The van der Waals surface area contributed by atoms with Gasteiger partial charge in [0, 0.05) is 19.2 Å². The van der Waals surface area contributed by atoms with E-state index >= 15 is 0 Å². The maximum atomic E-state index is 12.5. The Morgan fingerprint density at radius 2 is 2.14 bits per heavy atom. The van der Waals surface area contributed by atoms with Crippen LogP contribution in [0.1, 0.15) is 29.8 Å². The standard InChI is InChI=1S/C16H23N5O/c1-12-7-13(5-6-14(12)21-11-18-10-19-21)15(22)20(4)9-16(2,3)8-17/h5-7,10-11H,8-9,17H2,1-4H3. The van der Waals surface area contributed by atoms with Crippen molar-refractivity contribution in [2.24, 2.45) is 11.1 Å². The van der Waals surface area contributed by atoms with Crippen LogP contribution in [0, 0.1) is 12.3 Å². The summed E-state index contributed by atoms with van der Waals surface area (Å²) in [5, 5.41) is 4.11. The van der Waals surface area contributed by atoms with Gasteiger partial charge in [-0.25, -0.2) is 9.67 Å². The van der Waals surface area contributed by atoms with Gasteiger partial charge in [0.25, 0.3) is 5.91 Å². The zero-order chi connectivity index (χ0) is 16.3. The summed E-state index contributed by atoms with van der Waals surface area (Å²) in [4.78, 5) is 18.2. The molecule has 118 valence electrons. The lowest BCUT2D eigenvalue weighted by Gasteiger charge is -2.29. The van der Waals surface area contributed by atoms with E-state index in [0.29, 0.717) is 18.7 Å². The van der Waals surface area contributed by atoms with Gasteiger partial charge < -0.3 is 10.6 Å². The molecule has 0 bridgehead atoms. The van der Waals surface area contributed by atoms with E-state index in [-0.39, 0.29) is 11.3 Å². The van der Waals surface area contributed by atoms with Gasteiger partial charge in [-0.2, -0.15) is 5.10 Å². The number of hydrogen-bond acceptors (Lipinski definition) is 4. The molecule has 0 radical (unpaired) electrons. The van der Waals surface area contributed by atoms with E-state index in [0.717, 1.165) is 11.3 Å². The van der Waals surface area contributed by atoms with Crippen molar-refractivity contribution in [1.29, 1.82) is 0 Å². The van der Waals surface area contributed by atoms with Crippen LogP contribution in [-0.4, -0.2) is 45.7 Å². The average Bonchev–Trinajstić information content (AvgIpc) is 2.99. The highest BCUT2D eigenvalue weighted by Crippen LogP contribution is 2.18. The van der Waals surface area contributed by atoms with Crippen LogP contribution in [0.4, 0.5) is 0 Å². The van der Waals surface area contributed by atoms with Crippen molar-refractivity contribution in [2.45, 2.75) is 20.8 Å². The molecule has 0 saturated carbocycles. The molecule has 1 aromatic carbocycles. The minimum atomic E-state index is -0.0971. The predicted octanol–water partition coefficient (Wildman–Crippen LogP) is 1.63. The molecule has 0 aliphatic heterocycles. The van der Waals surface area contributed by atoms with Crippen molar-refractivity contribution in [3.63, 3.8) is 0 Å². The van der Waals surface area contributed by atoms with Crippen molar-refractivity contribution < 1.29 is 4.79 Å². The summed E-state index contributed by atoms with van der Waals surface area (Å²) in [6.45, 7) is 7.21. The summed E-state index contributed by atoms with van der Waals surface area (Å²) in [6.07, 6.45) is 3.13. The number of carbonyl (C=O) groups excluding carboxylic acids is 1. The third-order valence-electron chi connectivity index (χ3n) is 3.67. The summed E-state index contributed by atoms with van der Waals surface area (Å²) in [5.41, 5.74) is 8.20. The van der Waals surface area contributed by atoms with Crippen molar-refractivity contribution in [3.05, 3.63) is 42.0 Å². The lowest BCUT2D eigenvalue weighted by Crippen LogP contribution is -2.39. The smallest absolute Gasteiger partial charge is 0.253 e. The van der Waals surface area contributed by atoms with Crippen molar-refractivity contribution in [3.8, 4) is 5.69 Å². The van der Waals surface area contributed by atoms with E-state index in [1.165, 1.54) is 6.33 Å². The molecule has 0 fully saturated rings. The third-order valence-corrected chi connectivity index (χ3v) is 3.67. The molecule has 0 spiro atoms. The highest BCUT2D eigenvalue weighted by molar-refractivity contribution is 5.94. The van der Waals surface area contributed by atoms with Crippen LogP contribution >= 0.6 is 0 Å². The minimum Gasteiger partial charge on any atom is -0.341 e. The number of nitrogens with two attached hydrogens (primary N) is 1.